The van der Waals surface area contributed by atoms with Gasteiger partial charge in [0.2, 0.25) is 11.1 Å². The van der Waals surface area contributed by atoms with Crippen LogP contribution in [-0.4, -0.2) is 12.2 Å². The summed E-state index contributed by atoms with van der Waals surface area (Å²) in [5.41, 5.74) is 0.102. The van der Waals surface area contributed by atoms with Crippen molar-refractivity contribution in [3.63, 3.8) is 0 Å². The molecule has 0 aliphatic heterocycles. The number of nitrogens with zero attached hydrogens (tertiary/aromatic N) is 2. The first-order chi connectivity index (χ1) is 7.27. The first-order valence-corrected chi connectivity index (χ1v) is 4.41. The van der Waals surface area contributed by atoms with Crippen LogP contribution in [0.2, 0.25) is 0 Å². The third-order valence-corrected chi connectivity index (χ3v) is 2.29. The maximum Gasteiger partial charge on any atom is 0.430 e. The molecule has 0 heterocycles. The highest BCUT2D eigenvalue weighted by Crippen LogP contribution is 2.40. The Morgan fingerprint density at radius 3 is 2.53 bits per heavy atom. The fourth-order valence-corrected chi connectivity index (χ4v) is 1.56. The molecule has 2 aromatic rings. The number of ether oxygens (including phenoxy) is 1. The minimum atomic E-state index is -0.0473. The number of phenols is 1. The Hall–Kier alpha value is -2.28. The molecule has 0 fully saturated rings. The molecule has 2 rings (SSSR count). The topological polar surface area (TPSA) is 57.6 Å². The van der Waals surface area contributed by atoms with E-state index in [1.54, 1.807) is 12.1 Å². The zero-order valence-electron chi connectivity index (χ0n) is 8.14. The maximum atomic E-state index is 9.76. The van der Waals surface area contributed by atoms with E-state index in [0.717, 1.165) is 5.39 Å². The Morgan fingerprint density at radius 2 is 1.93 bits per heavy atom. The van der Waals surface area contributed by atoms with E-state index in [0.29, 0.717) is 11.1 Å². The second-order valence-electron chi connectivity index (χ2n) is 3.09. The van der Waals surface area contributed by atoms with Crippen LogP contribution in [0.15, 0.2) is 30.3 Å². The molecule has 0 saturated carbocycles. The number of hydrogen-bond acceptors (Lipinski definition) is 3. The number of hydrogen-bond donors (Lipinski definition) is 1. The second-order valence-corrected chi connectivity index (χ2v) is 3.09. The molecule has 0 unspecified atom stereocenters. The average molecular weight is 201 g/mol. The van der Waals surface area contributed by atoms with Crippen LogP contribution in [-0.2, 0) is 0 Å². The molecule has 0 aliphatic carbocycles. The van der Waals surface area contributed by atoms with Crippen molar-refractivity contribution in [1.82, 2.24) is 0 Å². The third-order valence-electron chi connectivity index (χ3n) is 2.29. The highest BCUT2D eigenvalue weighted by atomic mass is 16.5. The van der Waals surface area contributed by atoms with Crippen LogP contribution in [0.5, 0.6) is 11.5 Å². The lowest BCUT2D eigenvalue weighted by atomic mass is 10.1. The number of phenolic OH excluding ortho intramolecular Hbond substituents is 1. The summed E-state index contributed by atoms with van der Waals surface area (Å²) in [4.78, 5) is 3.00. The van der Waals surface area contributed by atoms with Gasteiger partial charge in [-0.1, -0.05) is 24.3 Å². The zero-order valence-corrected chi connectivity index (χ0v) is 8.14. The molecule has 4 nitrogen and oxygen atoms in total. The van der Waals surface area contributed by atoms with Gasteiger partial charge < -0.3 is 9.84 Å². The third kappa shape index (κ3) is 1.34. The lowest BCUT2D eigenvalue weighted by Crippen LogP contribution is -1.85. The molecule has 0 aromatic heterocycles. The molecule has 74 valence electrons. The van der Waals surface area contributed by atoms with Crippen molar-refractivity contribution >= 4 is 16.5 Å². The Kier molecular flexibility index (Phi) is 2.14. The largest absolute Gasteiger partial charge is 0.501 e. The molecule has 0 aliphatic rings. The maximum absolute atomic E-state index is 9.76. The molecule has 15 heavy (non-hydrogen) atoms. The molecule has 4 heteroatoms. The van der Waals surface area contributed by atoms with E-state index in [1.165, 1.54) is 13.2 Å². The SMILES string of the molecule is COc1cc([N+]#N)c(O)c2ccccc12. The zero-order chi connectivity index (χ0) is 10.8. The summed E-state index contributed by atoms with van der Waals surface area (Å²) in [5.74, 6) is 0.519. The quantitative estimate of drug-likeness (QED) is 0.721. The number of benzene rings is 2. The van der Waals surface area contributed by atoms with E-state index in [2.05, 4.69) is 4.98 Å². The van der Waals surface area contributed by atoms with Gasteiger partial charge in [0.1, 0.15) is 5.75 Å². The molecule has 0 atom stereocenters. The summed E-state index contributed by atoms with van der Waals surface area (Å²) in [6.07, 6.45) is 0. The van der Waals surface area contributed by atoms with Crippen LogP contribution in [0.3, 0.4) is 0 Å². The second kappa shape index (κ2) is 3.46. The number of methoxy groups -OCH3 is 1. The van der Waals surface area contributed by atoms with Gasteiger partial charge in [0, 0.05) is 10.8 Å². The van der Waals surface area contributed by atoms with Gasteiger partial charge in [-0.25, -0.2) is 0 Å². The van der Waals surface area contributed by atoms with Crippen molar-refractivity contribution in [2.45, 2.75) is 0 Å². The van der Waals surface area contributed by atoms with Gasteiger partial charge in [-0.2, -0.15) is 0 Å². The number of aromatic hydroxyl groups is 1. The molecule has 0 saturated heterocycles. The van der Waals surface area contributed by atoms with E-state index < -0.39 is 0 Å². The minimum absolute atomic E-state index is 0.0473. The Morgan fingerprint density at radius 1 is 1.27 bits per heavy atom. The fourth-order valence-electron chi connectivity index (χ4n) is 1.56. The Balaban J connectivity index is 2.92. The summed E-state index contributed by atoms with van der Waals surface area (Å²) < 4.78 is 5.14. The molecular weight excluding hydrogens is 192 g/mol. The molecule has 0 amide bonds. The van der Waals surface area contributed by atoms with E-state index in [9.17, 15) is 5.11 Å². The van der Waals surface area contributed by atoms with E-state index >= 15 is 0 Å². The summed E-state index contributed by atoms with van der Waals surface area (Å²) >= 11 is 0. The predicted molar refractivity (Wildman–Crippen MR) is 56.9 cm³/mol. The Labute approximate surface area is 86.3 Å². The summed E-state index contributed by atoms with van der Waals surface area (Å²) in [6.45, 7) is 0. The van der Waals surface area contributed by atoms with Gasteiger partial charge in [0.25, 0.3) is 0 Å². The predicted octanol–water partition coefficient (Wildman–Crippen LogP) is 3.04. The lowest BCUT2D eigenvalue weighted by Gasteiger charge is -2.04. The number of diazo groups is 1. The van der Waals surface area contributed by atoms with Gasteiger partial charge in [-0.3, -0.25) is 0 Å². The molecule has 0 spiro atoms. The smallest absolute Gasteiger partial charge is 0.430 e. The molecule has 0 radical (unpaired) electrons. The van der Waals surface area contributed by atoms with Gasteiger partial charge in [-0.15, -0.1) is 0 Å². The highest BCUT2D eigenvalue weighted by molar-refractivity contribution is 5.97. The molecule has 0 bridgehead atoms. The van der Waals surface area contributed by atoms with E-state index in [1.807, 2.05) is 12.1 Å². The van der Waals surface area contributed by atoms with Crippen LogP contribution in [0, 0.1) is 5.39 Å². The molecule has 1 N–H and O–H groups in total. The van der Waals surface area contributed by atoms with E-state index in [-0.39, 0.29) is 11.4 Å². The normalized spacial score (nSPS) is 9.87. The Bertz CT molecular complexity index is 558. The van der Waals surface area contributed by atoms with Crippen LogP contribution in [0.25, 0.3) is 15.7 Å². The lowest BCUT2D eigenvalue weighted by molar-refractivity contribution is 0.419. The number of fused-ring (bicyclic) bond motifs is 1. The van der Waals surface area contributed by atoms with Gasteiger partial charge in [0.15, 0.2) is 4.98 Å². The summed E-state index contributed by atoms with van der Waals surface area (Å²) in [7, 11) is 1.53. The van der Waals surface area contributed by atoms with Crippen molar-refractivity contribution < 1.29 is 9.84 Å². The van der Waals surface area contributed by atoms with Crippen molar-refractivity contribution in [2.24, 2.45) is 0 Å². The van der Waals surface area contributed by atoms with Crippen molar-refractivity contribution in [1.29, 1.82) is 5.39 Å². The van der Waals surface area contributed by atoms with E-state index in [4.69, 9.17) is 10.1 Å². The van der Waals surface area contributed by atoms with Crippen LogP contribution < -0.4 is 4.74 Å². The summed E-state index contributed by atoms with van der Waals surface area (Å²) in [6, 6.07) is 8.69. The minimum Gasteiger partial charge on any atom is -0.501 e. The molecule has 2 aromatic carbocycles. The average Bonchev–Trinajstić information content (AvgIpc) is 2.30. The van der Waals surface area contributed by atoms with Gasteiger partial charge in [0.05, 0.1) is 13.2 Å². The summed E-state index contributed by atoms with van der Waals surface area (Å²) in [5, 5.41) is 19.9. The fraction of sp³-hybridized carbons (Fsp3) is 0.0909. The monoisotopic (exact) mass is 201 g/mol. The van der Waals surface area contributed by atoms with Crippen LogP contribution in [0.4, 0.5) is 5.69 Å². The van der Waals surface area contributed by atoms with Crippen molar-refractivity contribution in [3.05, 3.63) is 35.3 Å². The van der Waals surface area contributed by atoms with Crippen LogP contribution in [0.1, 0.15) is 0 Å². The van der Waals surface area contributed by atoms with Gasteiger partial charge in [-0.05, 0) is 0 Å². The van der Waals surface area contributed by atoms with Crippen molar-refractivity contribution in [2.75, 3.05) is 7.11 Å². The van der Waals surface area contributed by atoms with Crippen LogP contribution >= 0.6 is 0 Å². The first-order valence-electron chi connectivity index (χ1n) is 4.41. The first kappa shape index (κ1) is 9.28. The molecular formula is C11H9N2O2+. The number of rotatable bonds is 1. The highest BCUT2D eigenvalue weighted by Gasteiger charge is 2.19. The van der Waals surface area contributed by atoms with Gasteiger partial charge >= 0.3 is 5.69 Å². The standard InChI is InChI=1S/C11H8N2O2/c1-15-10-6-9(13-12)11(14)8-5-3-2-4-7(8)10/h2-6H,1H3/p+1. The van der Waals surface area contributed by atoms with Crippen molar-refractivity contribution in [3.8, 4) is 11.5 Å².